The molecule has 1 heterocycles. The molecule has 0 radical (unpaired) electrons. The number of hydrogen-bond donors (Lipinski definition) is 1. The molecule has 1 N–H and O–H groups in total. The Labute approximate surface area is 127 Å². The second-order valence-corrected chi connectivity index (χ2v) is 5.19. The smallest absolute Gasteiger partial charge is 0.271 e. The van der Waals surface area contributed by atoms with E-state index in [2.05, 4.69) is 15.3 Å². The van der Waals surface area contributed by atoms with Crippen molar-refractivity contribution in [2.75, 3.05) is 0 Å². The van der Waals surface area contributed by atoms with Gasteiger partial charge >= 0.3 is 0 Å². The number of carbonyl (C=O) groups excluding carboxylic acids is 1. The first-order valence-electron chi connectivity index (χ1n) is 6.08. The van der Waals surface area contributed by atoms with E-state index in [0.717, 1.165) is 5.56 Å². The summed E-state index contributed by atoms with van der Waals surface area (Å²) < 4.78 is 0. The van der Waals surface area contributed by atoms with E-state index in [4.69, 9.17) is 23.2 Å². The maximum absolute atomic E-state index is 12.0. The average Bonchev–Trinajstić information content (AvgIpc) is 2.41. The first kappa shape index (κ1) is 14.8. The molecule has 1 aromatic heterocycles. The van der Waals surface area contributed by atoms with Crippen LogP contribution in [0.5, 0.6) is 0 Å². The molecule has 20 heavy (non-hydrogen) atoms. The number of rotatable bonds is 4. The molecular weight excluding hydrogens is 297 g/mol. The molecule has 0 spiro atoms. The fraction of sp³-hybridized carbons (Fsp3) is 0.214. The molecule has 2 rings (SSSR count). The summed E-state index contributed by atoms with van der Waals surface area (Å²) in [5.74, 6) is -0.306. The van der Waals surface area contributed by atoms with E-state index in [9.17, 15) is 4.79 Å². The first-order chi connectivity index (χ1) is 9.56. The van der Waals surface area contributed by atoms with Gasteiger partial charge in [-0.05, 0) is 25.0 Å². The van der Waals surface area contributed by atoms with Crippen LogP contribution in [-0.2, 0) is 6.42 Å². The lowest BCUT2D eigenvalue weighted by atomic mass is 10.1. The van der Waals surface area contributed by atoms with Crippen molar-refractivity contribution < 1.29 is 4.79 Å². The number of benzene rings is 1. The zero-order chi connectivity index (χ0) is 14.5. The van der Waals surface area contributed by atoms with E-state index in [1.54, 1.807) is 0 Å². The Hall–Kier alpha value is -1.65. The van der Waals surface area contributed by atoms with Gasteiger partial charge in [0.25, 0.3) is 5.91 Å². The van der Waals surface area contributed by atoms with Gasteiger partial charge < -0.3 is 5.32 Å². The predicted octanol–water partition coefficient (Wildman–Crippen LogP) is 3.14. The quantitative estimate of drug-likeness (QED) is 0.944. The molecule has 0 saturated carbocycles. The Kier molecular flexibility index (Phi) is 4.93. The number of nitrogens with zero attached hydrogens (tertiary/aromatic N) is 2. The van der Waals surface area contributed by atoms with E-state index < -0.39 is 0 Å². The molecule has 0 fully saturated rings. The summed E-state index contributed by atoms with van der Waals surface area (Å²) in [5, 5.41) is 3.72. The fourth-order valence-corrected chi connectivity index (χ4v) is 2.15. The van der Waals surface area contributed by atoms with Crippen molar-refractivity contribution in [3.05, 3.63) is 58.1 Å². The summed E-state index contributed by atoms with van der Waals surface area (Å²) in [6.45, 7) is 1.90. The second-order valence-electron chi connectivity index (χ2n) is 4.40. The molecule has 6 heteroatoms. The molecule has 0 bridgehead atoms. The Morgan fingerprint density at radius 1 is 1.30 bits per heavy atom. The van der Waals surface area contributed by atoms with E-state index in [1.807, 2.05) is 31.2 Å². The minimum absolute atomic E-state index is 0.0804. The SMILES string of the molecule is CC(Cc1ccccc1Cl)NC(=O)c1cncc(Cl)n1. The Morgan fingerprint density at radius 2 is 2.05 bits per heavy atom. The van der Waals surface area contributed by atoms with Crippen molar-refractivity contribution in [2.24, 2.45) is 0 Å². The van der Waals surface area contributed by atoms with Crippen LogP contribution < -0.4 is 5.32 Å². The Morgan fingerprint density at radius 3 is 2.75 bits per heavy atom. The highest BCUT2D eigenvalue weighted by atomic mass is 35.5. The number of aromatic nitrogens is 2. The van der Waals surface area contributed by atoms with Crippen LogP contribution in [0.4, 0.5) is 0 Å². The summed E-state index contributed by atoms with van der Waals surface area (Å²) in [6, 6.07) is 7.47. The van der Waals surface area contributed by atoms with Gasteiger partial charge in [0.2, 0.25) is 0 Å². The number of carbonyl (C=O) groups is 1. The maximum Gasteiger partial charge on any atom is 0.271 e. The van der Waals surface area contributed by atoms with Gasteiger partial charge in [-0.3, -0.25) is 9.78 Å². The molecule has 104 valence electrons. The molecule has 1 aromatic carbocycles. The molecule has 0 aliphatic carbocycles. The summed E-state index contributed by atoms with van der Waals surface area (Å²) >= 11 is 11.8. The van der Waals surface area contributed by atoms with Crippen LogP contribution >= 0.6 is 23.2 Å². The van der Waals surface area contributed by atoms with Gasteiger partial charge in [-0.1, -0.05) is 41.4 Å². The zero-order valence-electron chi connectivity index (χ0n) is 10.8. The molecule has 2 aromatic rings. The highest BCUT2D eigenvalue weighted by molar-refractivity contribution is 6.31. The molecule has 1 atom stereocenters. The van der Waals surface area contributed by atoms with E-state index >= 15 is 0 Å². The molecule has 1 amide bonds. The average molecular weight is 310 g/mol. The Bertz CT molecular complexity index is 619. The van der Waals surface area contributed by atoms with Crippen molar-refractivity contribution in [1.29, 1.82) is 0 Å². The third kappa shape index (κ3) is 3.92. The number of hydrogen-bond acceptors (Lipinski definition) is 3. The second kappa shape index (κ2) is 6.68. The lowest BCUT2D eigenvalue weighted by Crippen LogP contribution is -2.34. The van der Waals surface area contributed by atoms with Crippen LogP contribution in [0.15, 0.2) is 36.7 Å². The summed E-state index contributed by atoms with van der Waals surface area (Å²) in [5.41, 5.74) is 1.18. The van der Waals surface area contributed by atoms with Gasteiger partial charge in [0, 0.05) is 11.1 Å². The lowest BCUT2D eigenvalue weighted by molar-refractivity contribution is 0.0934. The van der Waals surface area contributed by atoms with Gasteiger partial charge in [-0.15, -0.1) is 0 Å². The normalized spacial score (nSPS) is 11.9. The van der Waals surface area contributed by atoms with Gasteiger partial charge in [-0.25, -0.2) is 4.98 Å². The number of amides is 1. The van der Waals surface area contributed by atoms with E-state index in [-0.39, 0.29) is 22.8 Å². The van der Waals surface area contributed by atoms with Crippen LogP contribution in [0.2, 0.25) is 10.2 Å². The van der Waals surface area contributed by atoms with Crippen molar-refractivity contribution >= 4 is 29.1 Å². The first-order valence-corrected chi connectivity index (χ1v) is 6.83. The standard InChI is InChI=1S/C14H13Cl2N3O/c1-9(6-10-4-2-3-5-11(10)15)18-14(20)12-7-17-8-13(16)19-12/h2-5,7-9H,6H2,1H3,(H,18,20). The zero-order valence-corrected chi connectivity index (χ0v) is 12.3. The van der Waals surface area contributed by atoms with Crippen molar-refractivity contribution in [1.82, 2.24) is 15.3 Å². The maximum atomic E-state index is 12.0. The molecule has 0 aliphatic rings. The molecular formula is C14H13Cl2N3O. The van der Waals surface area contributed by atoms with Crippen LogP contribution in [0.3, 0.4) is 0 Å². The predicted molar refractivity (Wildman–Crippen MR) is 79.1 cm³/mol. The summed E-state index contributed by atoms with van der Waals surface area (Å²) in [6.07, 6.45) is 3.40. The third-order valence-corrected chi connectivity index (χ3v) is 3.25. The molecule has 1 unspecified atom stereocenters. The van der Waals surface area contributed by atoms with E-state index in [1.165, 1.54) is 12.4 Å². The lowest BCUT2D eigenvalue weighted by Gasteiger charge is -2.14. The van der Waals surface area contributed by atoms with Gasteiger partial charge in [0.1, 0.15) is 10.8 Å². The number of halogens is 2. The molecule has 4 nitrogen and oxygen atoms in total. The van der Waals surface area contributed by atoms with Crippen LogP contribution in [-0.4, -0.2) is 21.9 Å². The molecule has 0 saturated heterocycles. The van der Waals surface area contributed by atoms with Crippen LogP contribution in [0, 0.1) is 0 Å². The monoisotopic (exact) mass is 309 g/mol. The highest BCUT2D eigenvalue weighted by Crippen LogP contribution is 2.16. The van der Waals surface area contributed by atoms with Crippen LogP contribution in [0.25, 0.3) is 0 Å². The van der Waals surface area contributed by atoms with Crippen molar-refractivity contribution in [3.8, 4) is 0 Å². The molecule has 0 aliphatic heterocycles. The topological polar surface area (TPSA) is 54.9 Å². The van der Waals surface area contributed by atoms with Crippen LogP contribution in [0.1, 0.15) is 23.0 Å². The van der Waals surface area contributed by atoms with E-state index in [0.29, 0.717) is 11.4 Å². The summed E-state index contributed by atoms with van der Waals surface area (Å²) in [7, 11) is 0. The van der Waals surface area contributed by atoms with Crippen molar-refractivity contribution in [2.45, 2.75) is 19.4 Å². The number of nitrogens with one attached hydrogen (secondary N) is 1. The van der Waals surface area contributed by atoms with Gasteiger partial charge in [-0.2, -0.15) is 0 Å². The van der Waals surface area contributed by atoms with Gasteiger partial charge in [0.05, 0.1) is 12.4 Å². The van der Waals surface area contributed by atoms with Gasteiger partial charge in [0.15, 0.2) is 0 Å². The fourth-order valence-electron chi connectivity index (χ4n) is 1.79. The Balaban J connectivity index is 2.00. The third-order valence-electron chi connectivity index (χ3n) is 2.70. The largest absolute Gasteiger partial charge is 0.348 e. The van der Waals surface area contributed by atoms with Crippen molar-refractivity contribution in [3.63, 3.8) is 0 Å². The minimum Gasteiger partial charge on any atom is -0.348 e. The minimum atomic E-state index is -0.306. The summed E-state index contributed by atoms with van der Waals surface area (Å²) in [4.78, 5) is 19.7. The highest BCUT2D eigenvalue weighted by Gasteiger charge is 2.13.